The normalized spacial score (nSPS) is 30.2. The van der Waals surface area contributed by atoms with Gasteiger partial charge in [0, 0.05) is 17.4 Å². The zero-order chi connectivity index (χ0) is 29.7. The van der Waals surface area contributed by atoms with E-state index in [-0.39, 0.29) is 38.8 Å². The number of fused-ring (bicyclic) bond motifs is 2. The van der Waals surface area contributed by atoms with Gasteiger partial charge in [0.25, 0.3) is 0 Å². The summed E-state index contributed by atoms with van der Waals surface area (Å²) in [7, 11) is 0. The van der Waals surface area contributed by atoms with Crippen molar-refractivity contribution in [2.45, 2.75) is 146 Å². The van der Waals surface area contributed by atoms with Crippen molar-refractivity contribution in [3.63, 3.8) is 0 Å². The summed E-state index contributed by atoms with van der Waals surface area (Å²) in [4.78, 5) is 25.5. The van der Waals surface area contributed by atoms with Gasteiger partial charge in [0.2, 0.25) is 0 Å². The van der Waals surface area contributed by atoms with E-state index in [9.17, 15) is 14.7 Å². The SMILES string of the molecule is CCCC(C)(C)CC[C@@](C)(CCC(C)(C)[C@]1(C)CC[C@H]2C(C)(C)c3oncc3C[C@]2(C)[C@H]1CC(C)=O)C(=O)O. The molecule has 1 aromatic heterocycles. The number of carbonyl (C=O) groups excluding carboxylic acids is 1. The Morgan fingerprint density at radius 3 is 2.21 bits per heavy atom. The summed E-state index contributed by atoms with van der Waals surface area (Å²) >= 11 is 0. The molecule has 5 nitrogen and oxygen atoms in total. The summed E-state index contributed by atoms with van der Waals surface area (Å²) in [6.07, 6.45) is 10.8. The maximum atomic E-state index is 12.8. The zero-order valence-corrected chi connectivity index (χ0v) is 26.9. The highest BCUT2D eigenvalue weighted by Crippen LogP contribution is 2.68. The van der Waals surface area contributed by atoms with Crippen molar-refractivity contribution < 1.29 is 19.2 Å². The highest BCUT2D eigenvalue weighted by atomic mass is 16.5. The number of Topliss-reactive ketones (excluding diaryl/α,β-unsaturated/α-hetero) is 1. The van der Waals surface area contributed by atoms with Crippen LogP contribution in [0, 0.1) is 38.9 Å². The van der Waals surface area contributed by atoms with E-state index in [1.165, 1.54) is 5.56 Å². The number of hydrogen-bond donors (Lipinski definition) is 1. The van der Waals surface area contributed by atoms with Gasteiger partial charge in [-0.2, -0.15) is 0 Å². The van der Waals surface area contributed by atoms with E-state index < -0.39 is 11.4 Å². The average molecular weight is 544 g/mol. The average Bonchev–Trinajstić information content (AvgIpc) is 3.27. The van der Waals surface area contributed by atoms with E-state index in [0.29, 0.717) is 25.2 Å². The molecule has 39 heavy (non-hydrogen) atoms. The van der Waals surface area contributed by atoms with Crippen molar-refractivity contribution in [1.29, 1.82) is 0 Å². The first kappa shape index (κ1) is 31.9. The van der Waals surface area contributed by atoms with Gasteiger partial charge in [0.1, 0.15) is 11.5 Å². The van der Waals surface area contributed by atoms with E-state index in [1.54, 1.807) is 6.92 Å². The van der Waals surface area contributed by atoms with E-state index in [0.717, 1.165) is 50.7 Å². The van der Waals surface area contributed by atoms with Crippen molar-refractivity contribution >= 4 is 11.8 Å². The van der Waals surface area contributed by atoms with Crippen molar-refractivity contribution in [3.05, 3.63) is 17.5 Å². The van der Waals surface area contributed by atoms with Crippen LogP contribution in [0.5, 0.6) is 0 Å². The summed E-state index contributed by atoms with van der Waals surface area (Å²) in [6.45, 7) is 24.5. The Bertz CT molecular complexity index is 1050. The molecule has 5 atom stereocenters. The number of aliphatic carboxylic acids is 1. The van der Waals surface area contributed by atoms with Gasteiger partial charge in [-0.05, 0) is 98.7 Å². The molecule has 1 aromatic rings. The first-order valence-corrected chi connectivity index (χ1v) is 15.4. The van der Waals surface area contributed by atoms with Crippen LogP contribution in [0.3, 0.4) is 0 Å². The molecule has 0 spiro atoms. The lowest BCUT2D eigenvalue weighted by atomic mass is 9.39. The fourth-order valence-electron chi connectivity index (χ4n) is 9.02. The predicted octanol–water partition coefficient (Wildman–Crippen LogP) is 9.03. The number of hydrogen-bond acceptors (Lipinski definition) is 4. The first-order valence-electron chi connectivity index (χ1n) is 15.4. The minimum atomic E-state index is -0.750. The molecule has 2 aliphatic rings. The minimum absolute atomic E-state index is 0.0712. The summed E-state index contributed by atoms with van der Waals surface area (Å²) in [6, 6.07) is 0. The molecule has 3 rings (SSSR count). The highest BCUT2D eigenvalue weighted by molar-refractivity contribution is 5.76. The van der Waals surface area contributed by atoms with Gasteiger partial charge in [-0.15, -0.1) is 0 Å². The Balaban J connectivity index is 1.93. The van der Waals surface area contributed by atoms with Crippen molar-refractivity contribution in [2.24, 2.45) is 38.9 Å². The Morgan fingerprint density at radius 2 is 1.64 bits per heavy atom. The van der Waals surface area contributed by atoms with Crippen LogP contribution in [-0.2, 0) is 21.4 Å². The van der Waals surface area contributed by atoms with Gasteiger partial charge in [-0.25, -0.2) is 0 Å². The lowest BCUT2D eigenvalue weighted by molar-refractivity contribution is -0.158. The van der Waals surface area contributed by atoms with Crippen LogP contribution in [0.2, 0.25) is 0 Å². The van der Waals surface area contributed by atoms with Crippen molar-refractivity contribution in [3.8, 4) is 0 Å². The molecule has 0 unspecified atom stereocenters. The molecule has 0 radical (unpaired) electrons. The van der Waals surface area contributed by atoms with Crippen molar-refractivity contribution in [1.82, 2.24) is 5.16 Å². The van der Waals surface area contributed by atoms with Crippen LogP contribution < -0.4 is 0 Å². The third-order valence-electron chi connectivity index (χ3n) is 12.1. The van der Waals surface area contributed by atoms with Crippen LogP contribution >= 0.6 is 0 Å². The van der Waals surface area contributed by atoms with Gasteiger partial charge in [-0.1, -0.05) is 73.9 Å². The zero-order valence-electron chi connectivity index (χ0n) is 26.9. The summed E-state index contributed by atoms with van der Waals surface area (Å²) < 4.78 is 5.79. The topological polar surface area (TPSA) is 80.4 Å². The van der Waals surface area contributed by atoms with Crippen LogP contribution in [0.1, 0.15) is 145 Å². The number of carboxylic acids is 1. The molecule has 1 N–H and O–H groups in total. The van der Waals surface area contributed by atoms with Crippen LogP contribution in [0.4, 0.5) is 0 Å². The van der Waals surface area contributed by atoms with E-state index in [4.69, 9.17) is 4.52 Å². The Morgan fingerprint density at radius 1 is 1.03 bits per heavy atom. The third-order valence-corrected chi connectivity index (χ3v) is 12.1. The van der Waals surface area contributed by atoms with Crippen LogP contribution in [0.25, 0.3) is 0 Å². The summed E-state index contributed by atoms with van der Waals surface area (Å²) in [5, 5.41) is 14.5. The number of carbonyl (C=O) groups is 2. The van der Waals surface area contributed by atoms with Gasteiger partial charge < -0.3 is 14.4 Å². The second kappa shape index (κ2) is 10.6. The Labute approximate surface area is 238 Å². The monoisotopic (exact) mass is 543 g/mol. The van der Waals surface area contributed by atoms with Gasteiger partial charge in [0.05, 0.1) is 11.6 Å². The second-order valence-electron chi connectivity index (χ2n) is 16.2. The molecular weight excluding hydrogens is 486 g/mol. The molecule has 0 saturated heterocycles. The smallest absolute Gasteiger partial charge is 0.309 e. The summed E-state index contributed by atoms with van der Waals surface area (Å²) in [5.41, 5.74) is 0.138. The molecule has 1 heterocycles. The molecule has 5 heteroatoms. The second-order valence-corrected chi connectivity index (χ2v) is 16.2. The number of ketones is 1. The van der Waals surface area contributed by atoms with Gasteiger partial charge in [0.15, 0.2) is 0 Å². The standard InChI is InChI=1S/C34H57NO4/c1-12-14-29(3,4)16-18-32(9,28(37)38)19-17-30(5,6)34(11)15-13-25-31(7,8)27-24(22-35-39-27)21-33(25,10)26(34)20-23(2)36/h22,25-26H,12-21H2,1-11H3,(H,37,38)/t25-,26+,32-,33-,34+/m0/s1. The maximum absolute atomic E-state index is 12.8. The van der Waals surface area contributed by atoms with Crippen LogP contribution in [-0.4, -0.2) is 22.0 Å². The molecule has 0 aromatic carbocycles. The van der Waals surface area contributed by atoms with Gasteiger partial charge >= 0.3 is 5.97 Å². The fraction of sp³-hybridized carbons (Fsp3) is 0.853. The quantitative estimate of drug-likeness (QED) is 0.284. The third kappa shape index (κ3) is 5.75. The number of carboxylic acid groups (broad SMARTS) is 1. The first-order chi connectivity index (χ1) is 17.8. The number of rotatable bonds is 12. The van der Waals surface area contributed by atoms with E-state index in [2.05, 4.69) is 67.5 Å². The van der Waals surface area contributed by atoms with E-state index in [1.807, 2.05) is 13.1 Å². The molecule has 0 amide bonds. The van der Waals surface area contributed by atoms with Crippen LogP contribution in [0.15, 0.2) is 10.7 Å². The van der Waals surface area contributed by atoms with E-state index >= 15 is 0 Å². The Kier molecular flexibility index (Phi) is 8.69. The largest absolute Gasteiger partial charge is 0.481 e. The molecule has 0 aliphatic heterocycles. The maximum Gasteiger partial charge on any atom is 0.309 e. The molecule has 0 bridgehead atoms. The molecule has 1 fully saturated rings. The summed E-state index contributed by atoms with van der Waals surface area (Å²) in [5.74, 6) is 1.16. The highest BCUT2D eigenvalue weighted by Gasteiger charge is 2.63. The van der Waals surface area contributed by atoms with Crippen molar-refractivity contribution in [2.75, 3.05) is 0 Å². The predicted molar refractivity (Wildman–Crippen MR) is 158 cm³/mol. The molecular formula is C34H57NO4. The Hall–Kier alpha value is -1.65. The fourth-order valence-corrected chi connectivity index (χ4v) is 9.02. The number of aromatic nitrogens is 1. The molecule has 222 valence electrons. The molecule has 2 aliphatic carbocycles. The minimum Gasteiger partial charge on any atom is -0.481 e. The van der Waals surface area contributed by atoms with Gasteiger partial charge in [-0.3, -0.25) is 4.79 Å². The number of nitrogens with zero attached hydrogens (tertiary/aromatic N) is 1. The lowest BCUT2D eigenvalue weighted by Crippen LogP contribution is -2.60. The lowest BCUT2D eigenvalue weighted by Gasteiger charge is -2.65. The molecule has 1 saturated carbocycles.